The number of rotatable bonds is 3. The van der Waals surface area contributed by atoms with Gasteiger partial charge in [-0.25, -0.2) is 8.78 Å². The topological polar surface area (TPSA) is 80.0 Å². The lowest BCUT2D eigenvalue weighted by Crippen LogP contribution is -2.67. The van der Waals surface area contributed by atoms with Crippen molar-refractivity contribution in [2.75, 3.05) is 7.05 Å². The van der Waals surface area contributed by atoms with E-state index >= 15 is 0 Å². The van der Waals surface area contributed by atoms with Crippen molar-refractivity contribution in [1.29, 1.82) is 10.7 Å². The Kier molecular flexibility index (Phi) is 4.76. The van der Waals surface area contributed by atoms with Gasteiger partial charge in [0.2, 0.25) is 5.91 Å². The summed E-state index contributed by atoms with van der Waals surface area (Å²) < 4.78 is 27.1. The highest BCUT2D eigenvalue weighted by molar-refractivity contribution is 8.04. The third kappa shape index (κ3) is 3.32. The van der Waals surface area contributed by atoms with Gasteiger partial charge < -0.3 is 5.32 Å². The number of nitrogens with zero attached hydrogens (tertiary/aromatic N) is 2. The number of thioether (sulfide) groups is 1. The van der Waals surface area contributed by atoms with E-state index in [9.17, 15) is 13.6 Å². The summed E-state index contributed by atoms with van der Waals surface area (Å²) in [6.45, 7) is 2.68. The van der Waals surface area contributed by atoms with Crippen LogP contribution < -0.4 is 5.32 Å². The molecule has 0 spiro atoms. The van der Waals surface area contributed by atoms with Gasteiger partial charge in [0.1, 0.15) is 6.07 Å². The van der Waals surface area contributed by atoms with E-state index < -0.39 is 17.4 Å². The molecule has 3 rings (SSSR count). The molecule has 1 unspecified atom stereocenters. The van der Waals surface area contributed by atoms with E-state index in [2.05, 4.69) is 11.4 Å². The maximum absolute atomic E-state index is 13.5. The molecule has 2 aliphatic rings. The van der Waals surface area contributed by atoms with Crippen molar-refractivity contribution in [2.45, 2.75) is 42.9 Å². The molecule has 2 N–H and O–H groups in total. The number of guanidine groups is 1. The SMILES string of the molecule is CN1C(=N)N[C@](C)(C2CC=C(C#N)S2)[C@@H](c2ccc(C(C)(F)F)cc2)C1=O. The summed E-state index contributed by atoms with van der Waals surface area (Å²) >= 11 is 1.38. The van der Waals surface area contributed by atoms with Crippen molar-refractivity contribution in [3.8, 4) is 6.07 Å². The highest BCUT2D eigenvalue weighted by Crippen LogP contribution is 2.46. The molecule has 0 aliphatic carbocycles. The van der Waals surface area contributed by atoms with E-state index in [1.165, 1.54) is 35.8 Å². The fraction of sp³-hybridized carbons (Fsp3) is 0.421. The molecule has 3 atom stereocenters. The summed E-state index contributed by atoms with van der Waals surface area (Å²) in [5.74, 6) is -3.91. The van der Waals surface area contributed by atoms with Crippen molar-refractivity contribution < 1.29 is 13.6 Å². The number of allylic oxidation sites excluding steroid dienone is 2. The van der Waals surface area contributed by atoms with Crippen LogP contribution in [0.4, 0.5) is 8.78 Å². The number of halogens is 2. The maximum Gasteiger partial charge on any atom is 0.270 e. The Bertz CT molecular complexity index is 856. The summed E-state index contributed by atoms with van der Waals surface area (Å²) in [4.78, 5) is 14.9. The molecule has 142 valence electrons. The van der Waals surface area contributed by atoms with Crippen LogP contribution in [0.15, 0.2) is 35.2 Å². The van der Waals surface area contributed by atoms with Gasteiger partial charge in [-0.05, 0) is 18.9 Å². The lowest BCUT2D eigenvalue weighted by Gasteiger charge is -2.48. The number of benzene rings is 1. The Morgan fingerprint density at radius 2 is 2.04 bits per heavy atom. The van der Waals surface area contributed by atoms with E-state index in [4.69, 9.17) is 10.7 Å². The molecule has 2 aliphatic heterocycles. The molecular formula is C19H20F2N4OS. The van der Waals surface area contributed by atoms with Gasteiger partial charge in [-0.2, -0.15) is 5.26 Å². The van der Waals surface area contributed by atoms with Crippen molar-refractivity contribution in [2.24, 2.45) is 0 Å². The standard InChI is InChI=1S/C19H20F2N4OS/c1-18(14-9-8-13(10-22)27-14)15(16(26)25(3)17(23)24-18)11-4-6-12(7-5-11)19(2,20)21/h4-8,14-15H,9H2,1-3H3,(H2,23,24)/t14?,15-,18+/m0/s1. The first-order chi connectivity index (χ1) is 12.6. The zero-order chi connectivity index (χ0) is 20.0. The number of hydrogen-bond donors (Lipinski definition) is 2. The van der Waals surface area contributed by atoms with Crippen LogP contribution in [0.1, 0.15) is 37.3 Å². The summed E-state index contributed by atoms with van der Waals surface area (Å²) in [5, 5.41) is 20.3. The molecule has 0 aromatic heterocycles. The number of hydrogen-bond acceptors (Lipinski definition) is 4. The Hall–Kier alpha value is -2.40. The first-order valence-corrected chi connectivity index (χ1v) is 9.35. The van der Waals surface area contributed by atoms with Crippen molar-refractivity contribution in [3.63, 3.8) is 0 Å². The Morgan fingerprint density at radius 3 is 2.56 bits per heavy atom. The van der Waals surface area contributed by atoms with E-state index in [-0.39, 0.29) is 22.7 Å². The molecule has 0 bridgehead atoms. The number of alkyl halides is 2. The zero-order valence-corrected chi connectivity index (χ0v) is 16.0. The van der Waals surface area contributed by atoms with Crippen LogP contribution >= 0.6 is 11.8 Å². The second kappa shape index (κ2) is 6.64. The number of carbonyl (C=O) groups is 1. The quantitative estimate of drug-likeness (QED) is 0.827. The molecule has 1 aromatic rings. The minimum atomic E-state index is -2.96. The Morgan fingerprint density at radius 1 is 1.41 bits per heavy atom. The number of carbonyl (C=O) groups excluding carboxylic acids is 1. The molecule has 1 amide bonds. The Balaban J connectivity index is 2.02. The molecule has 1 aromatic carbocycles. The van der Waals surface area contributed by atoms with Crippen LogP contribution in [-0.4, -0.2) is 34.6 Å². The number of nitriles is 1. The predicted molar refractivity (Wildman–Crippen MR) is 100 cm³/mol. The fourth-order valence-corrected chi connectivity index (χ4v) is 4.78. The normalized spacial score (nSPS) is 28.6. The summed E-state index contributed by atoms with van der Waals surface area (Å²) in [7, 11) is 1.51. The molecule has 0 saturated carbocycles. The van der Waals surface area contributed by atoms with Crippen molar-refractivity contribution >= 4 is 23.6 Å². The highest BCUT2D eigenvalue weighted by atomic mass is 32.2. The van der Waals surface area contributed by atoms with Crippen LogP contribution in [-0.2, 0) is 10.7 Å². The molecule has 0 radical (unpaired) electrons. The van der Waals surface area contributed by atoms with Gasteiger partial charge in [0.25, 0.3) is 5.92 Å². The molecule has 1 fully saturated rings. The number of likely N-dealkylation sites (N-methyl/N-ethyl adjacent to an activating group) is 1. The highest BCUT2D eigenvalue weighted by Gasteiger charge is 2.52. The van der Waals surface area contributed by atoms with E-state index in [1.807, 2.05) is 13.0 Å². The summed E-state index contributed by atoms with van der Waals surface area (Å²) in [5.41, 5.74) is -0.348. The van der Waals surface area contributed by atoms with Gasteiger partial charge >= 0.3 is 0 Å². The van der Waals surface area contributed by atoms with Crippen LogP contribution in [0.3, 0.4) is 0 Å². The number of nitrogens with one attached hydrogen (secondary N) is 2. The zero-order valence-electron chi connectivity index (χ0n) is 15.2. The summed E-state index contributed by atoms with van der Waals surface area (Å²) in [6.07, 6.45) is 2.41. The maximum atomic E-state index is 13.5. The molecule has 1 saturated heterocycles. The van der Waals surface area contributed by atoms with Crippen molar-refractivity contribution in [3.05, 3.63) is 46.4 Å². The minimum absolute atomic E-state index is 0.0125. The largest absolute Gasteiger partial charge is 0.349 e. The van der Waals surface area contributed by atoms with Gasteiger partial charge in [-0.3, -0.25) is 15.1 Å². The molecule has 2 heterocycles. The van der Waals surface area contributed by atoms with Crippen LogP contribution in [0, 0.1) is 16.7 Å². The lowest BCUT2D eigenvalue weighted by atomic mass is 9.74. The lowest BCUT2D eigenvalue weighted by molar-refractivity contribution is -0.131. The van der Waals surface area contributed by atoms with Gasteiger partial charge in [0.15, 0.2) is 5.96 Å². The fourth-order valence-electron chi connectivity index (χ4n) is 3.60. The first kappa shape index (κ1) is 19.4. The van der Waals surface area contributed by atoms with Crippen LogP contribution in [0.2, 0.25) is 0 Å². The van der Waals surface area contributed by atoms with Crippen LogP contribution in [0.25, 0.3) is 0 Å². The smallest absolute Gasteiger partial charge is 0.270 e. The van der Waals surface area contributed by atoms with Gasteiger partial charge in [-0.15, -0.1) is 11.8 Å². The second-order valence-corrected chi connectivity index (χ2v) is 8.36. The van der Waals surface area contributed by atoms with Gasteiger partial charge in [0.05, 0.1) is 16.4 Å². The predicted octanol–water partition coefficient (Wildman–Crippen LogP) is 3.55. The van der Waals surface area contributed by atoms with E-state index in [0.717, 1.165) is 6.92 Å². The summed E-state index contributed by atoms with van der Waals surface area (Å²) in [6, 6.07) is 7.90. The molecule has 27 heavy (non-hydrogen) atoms. The number of amides is 1. The monoisotopic (exact) mass is 390 g/mol. The molecule has 8 heteroatoms. The molecule has 5 nitrogen and oxygen atoms in total. The van der Waals surface area contributed by atoms with E-state index in [0.29, 0.717) is 16.9 Å². The Labute approximate surface area is 160 Å². The third-order valence-corrected chi connectivity index (χ3v) is 6.70. The van der Waals surface area contributed by atoms with Gasteiger partial charge in [-0.1, -0.05) is 30.3 Å². The second-order valence-electron chi connectivity index (χ2n) is 7.12. The third-order valence-electron chi connectivity index (χ3n) is 5.22. The minimum Gasteiger partial charge on any atom is -0.349 e. The average molecular weight is 390 g/mol. The van der Waals surface area contributed by atoms with E-state index in [1.54, 1.807) is 12.1 Å². The van der Waals surface area contributed by atoms with Gasteiger partial charge in [0, 0.05) is 24.8 Å². The van der Waals surface area contributed by atoms with Crippen LogP contribution in [0.5, 0.6) is 0 Å². The first-order valence-electron chi connectivity index (χ1n) is 8.47. The average Bonchev–Trinajstić information content (AvgIpc) is 3.09. The van der Waals surface area contributed by atoms with Crippen molar-refractivity contribution in [1.82, 2.24) is 10.2 Å². The molecular weight excluding hydrogens is 370 g/mol.